The minimum absolute atomic E-state index is 0.737. The lowest BCUT2D eigenvalue weighted by molar-refractivity contribution is -0.178. The molecule has 0 saturated heterocycles. The molecule has 1 rings (SSSR count). The molecule has 1 radical (unpaired) electrons. The molecule has 0 saturated carbocycles. The number of benzene rings is 1. The summed E-state index contributed by atoms with van der Waals surface area (Å²) in [5.74, 6) is 0.737. The first-order valence-electron chi connectivity index (χ1n) is 3.02. The Morgan fingerprint density at radius 3 is 2.90 bits per heavy atom. The molecule has 0 amide bonds. The fourth-order valence-electron chi connectivity index (χ4n) is 0.683. The van der Waals surface area contributed by atoms with Crippen molar-refractivity contribution in [3.8, 4) is 5.75 Å². The first kappa shape index (κ1) is 7.09. The Bertz CT molecular complexity index is 208. The summed E-state index contributed by atoms with van der Waals surface area (Å²) in [5.41, 5.74) is 1.02. The van der Waals surface area contributed by atoms with Gasteiger partial charge in [-0.05, 0) is 30.7 Å². The molecule has 1 aromatic rings. The number of hydrogen-bond acceptors (Lipinski definition) is 2. The highest BCUT2D eigenvalue weighted by atomic mass is 17.2. The topological polar surface area (TPSA) is 18.5 Å². The molecule has 0 atom stereocenters. The van der Waals surface area contributed by atoms with E-state index in [1.54, 1.807) is 12.1 Å². The van der Waals surface area contributed by atoms with Gasteiger partial charge in [0.2, 0.25) is 0 Å². The van der Waals surface area contributed by atoms with E-state index in [1.807, 2.05) is 13.0 Å². The van der Waals surface area contributed by atoms with Crippen LogP contribution >= 0.6 is 0 Å². The summed E-state index contributed by atoms with van der Waals surface area (Å²) in [7, 11) is 1.48. The van der Waals surface area contributed by atoms with Crippen LogP contribution in [0.3, 0.4) is 0 Å². The molecular formula is C8H9O2. The molecule has 0 fully saturated rings. The Hall–Kier alpha value is -1.02. The molecule has 0 N–H and O–H groups in total. The van der Waals surface area contributed by atoms with Gasteiger partial charge in [0.15, 0.2) is 5.75 Å². The van der Waals surface area contributed by atoms with Crippen LogP contribution in [-0.2, 0) is 4.89 Å². The van der Waals surface area contributed by atoms with E-state index >= 15 is 0 Å². The van der Waals surface area contributed by atoms with Gasteiger partial charge in [-0.3, -0.25) is 0 Å². The Balaban J connectivity index is 2.81. The molecule has 53 valence electrons. The average molecular weight is 137 g/mol. The summed E-state index contributed by atoms with van der Waals surface area (Å²) in [6.45, 7) is 1.94. The Labute approximate surface area is 60.3 Å². The van der Waals surface area contributed by atoms with E-state index in [4.69, 9.17) is 4.89 Å². The maximum atomic E-state index is 4.82. The number of hydrogen-bond donors (Lipinski definition) is 0. The first-order valence-corrected chi connectivity index (χ1v) is 3.02. The fraction of sp³-hybridized carbons (Fsp3) is 0.250. The van der Waals surface area contributed by atoms with E-state index in [-0.39, 0.29) is 0 Å². The molecule has 0 bridgehead atoms. The van der Waals surface area contributed by atoms with Crippen molar-refractivity contribution in [1.29, 1.82) is 0 Å². The third kappa shape index (κ3) is 1.48. The summed E-state index contributed by atoms with van der Waals surface area (Å²) in [6.07, 6.45) is 0. The van der Waals surface area contributed by atoms with Crippen LogP contribution < -0.4 is 4.89 Å². The summed E-state index contributed by atoms with van der Waals surface area (Å²) in [5, 5.41) is 0. The van der Waals surface area contributed by atoms with Crippen LogP contribution in [0, 0.1) is 13.0 Å². The van der Waals surface area contributed by atoms with Crippen molar-refractivity contribution in [2.45, 2.75) is 6.92 Å². The third-order valence-electron chi connectivity index (χ3n) is 1.19. The maximum absolute atomic E-state index is 4.82. The predicted molar refractivity (Wildman–Crippen MR) is 37.7 cm³/mol. The van der Waals surface area contributed by atoms with Crippen LogP contribution in [0.5, 0.6) is 5.75 Å². The zero-order chi connectivity index (χ0) is 7.40. The molecule has 0 unspecified atom stereocenters. The summed E-state index contributed by atoms with van der Waals surface area (Å²) >= 11 is 0. The largest absolute Gasteiger partial charge is 0.338 e. The van der Waals surface area contributed by atoms with Crippen molar-refractivity contribution in [1.82, 2.24) is 0 Å². The van der Waals surface area contributed by atoms with E-state index in [0.29, 0.717) is 0 Å². The lowest BCUT2D eigenvalue weighted by atomic mass is 10.2. The van der Waals surface area contributed by atoms with E-state index in [2.05, 4.69) is 11.0 Å². The van der Waals surface area contributed by atoms with Crippen LogP contribution in [-0.4, -0.2) is 7.11 Å². The molecule has 10 heavy (non-hydrogen) atoms. The van der Waals surface area contributed by atoms with Crippen LogP contribution in [0.25, 0.3) is 0 Å². The summed E-state index contributed by atoms with van der Waals surface area (Å²) in [4.78, 5) is 9.31. The van der Waals surface area contributed by atoms with Gasteiger partial charge in [-0.1, -0.05) is 6.07 Å². The molecule has 1 aromatic carbocycles. The van der Waals surface area contributed by atoms with Crippen LogP contribution in [0.1, 0.15) is 5.56 Å². The normalized spacial score (nSPS) is 9.40. The minimum Gasteiger partial charge on any atom is -0.338 e. The van der Waals surface area contributed by atoms with Crippen molar-refractivity contribution in [2.24, 2.45) is 0 Å². The minimum atomic E-state index is 0.737. The highest BCUT2D eigenvalue weighted by Gasteiger charge is 1.95. The van der Waals surface area contributed by atoms with Crippen LogP contribution in [0.15, 0.2) is 18.2 Å². The van der Waals surface area contributed by atoms with Crippen molar-refractivity contribution in [3.05, 3.63) is 29.8 Å². The SMILES string of the molecule is COOc1cc[c]cc1C. The zero-order valence-corrected chi connectivity index (χ0v) is 6.05. The highest BCUT2D eigenvalue weighted by Crippen LogP contribution is 2.15. The smallest absolute Gasteiger partial charge is 0.168 e. The van der Waals surface area contributed by atoms with Crippen molar-refractivity contribution in [2.75, 3.05) is 7.11 Å². The van der Waals surface area contributed by atoms with E-state index in [1.165, 1.54) is 7.11 Å². The van der Waals surface area contributed by atoms with Gasteiger partial charge in [0.1, 0.15) is 0 Å². The molecule has 0 aliphatic heterocycles. The Kier molecular flexibility index (Phi) is 2.29. The van der Waals surface area contributed by atoms with Gasteiger partial charge in [-0.15, -0.1) is 0 Å². The van der Waals surface area contributed by atoms with Gasteiger partial charge in [-0.25, -0.2) is 0 Å². The Morgan fingerprint density at radius 1 is 1.50 bits per heavy atom. The lowest BCUT2D eigenvalue weighted by Crippen LogP contribution is -1.91. The zero-order valence-electron chi connectivity index (χ0n) is 6.05. The fourth-order valence-corrected chi connectivity index (χ4v) is 0.683. The van der Waals surface area contributed by atoms with E-state index < -0.39 is 0 Å². The van der Waals surface area contributed by atoms with Gasteiger partial charge in [0.05, 0.1) is 7.11 Å². The predicted octanol–water partition coefficient (Wildman–Crippen LogP) is 1.74. The van der Waals surface area contributed by atoms with Crippen molar-refractivity contribution >= 4 is 0 Å². The summed E-state index contributed by atoms with van der Waals surface area (Å²) < 4.78 is 0. The molecule has 0 aliphatic carbocycles. The second-order valence-corrected chi connectivity index (χ2v) is 1.94. The monoisotopic (exact) mass is 137 g/mol. The van der Waals surface area contributed by atoms with Crippen LogP contribution in [0.2, 0.25) is 0 Å². The molecule has 0 aromatic heterocycles. The molecule has 0 spiro atoms. The van der Waals surface area contributed by atoms with Crippen molar-refractivity contribution < 1.29 is 9.78 Å². The first-order chi connectivity index (χ1) is 4.84. The quantitative estimate of drug-likeness (QED) is 0.456. The molecule has 0 heterocycles. The van der Waals surface area contributed by atoms with Gasteiger partial charge >= 0.3 is 0 Å². The Morgan fingerprint density at radius 2 is 2.30 bits per heavy atom. The second kappa shape index (κ2) is 3.22. The standard InChI is InChI=1S/C8H9O2/c1-7-5-3-4-6-8(7)10-9-2/h4-6H,1-2H3. The van der Waals surface area contributed by atoms with E-state index in [9.17, 15) is 0 Å². The summed E-state index contributed by atoms with van der Waals surface area (Å²) in [6, 6.07) is 8.35. The van der Waals surface area contributed by atoms with Gasteiger partial charge in [0.25, 0.3) is 0 Å². The molecular weight excluding hydrogens is 128 g/mol. The van der Waals surface area contributed by atoms with Crippen LogP contribution in [0.4, 0.5) is 0 Å². The number of aryl methyl sites for hydroxylation is 1. The van der Waals surface area contributed by atoms with Gasteiger partial charge in [0, 0.05) is 0 Å². The average Bonchev–Trinajstić information content (AvgIpc) is 1.94. The third-order valence-corrected chi connectivity index (χ3v) is 1.19. The highest BCUT2D eigenvalue weighted by molar-refractivity contribution is 5.30. The maximum Gasteiger partial charge on any atom is 0.168 e. The second-order valence-electron chi connectivity index (χ2n) is 1.94. The molecule has 2 heteroatoms. The number of rotatable bonds is 2. The molecule has 0 aliphatic rings. The van der Waals surface area contributed by atoms with Crippen molar-refractivity contribution in [3.63, 3.8) is 0 Å². The molecule has 2 nitrogen and oxygen atoms in total. The van der Waals surface area contributed by atoms with Gasteiger partial charge in [-0.2, -0.15) is 4.89 Å². The van der Waals surface area contributed by atoms with E-state index in [0.717, 1.165) is 11.3 Å². The van der Waals surface area contributed by atoms with Gasteiger partial charge < -0.3 is 4.89 Å². The lowest BCUT2D eigenvalue weighted by Gasteiger charge is -2.01.